The molecule has 1 fully saturated rings. The number of nitrogens with two attached hydrogens (primary N) is 1. The van der Waals surface area contributed by atoms with E-state index in [1.54, 1.807) is 7.11 Å². The lowest BCUT2D eigenvalue weighted by atomic mass is 9.75. The largest absolute Gasteiger partial charge is 0.491 e. The molecule has 112 valence electrons. The standard InChI is InChI=1S/C16H26N2O2/c1-12(2)20-14-7-5-13(6-8-14)15(18-17)11-16(19-3)9-4-10-16/h5-8,12,15,18H,4,9-11,17H2,1-3H3. The first-order valence-corrected chi connectivity index (χ1v) is 7.36. The van der Waals surface area contributed by atoms with E-state index in [1.165, 1.54) is 12.0 Å². The third-order valence-electron chi connectivity index (χ3n) is 4.13. The van der Waals surface area contributed by atoms with Gasteiger partial charge < -0.3 is 9.47 Å². The molecule has 1 aliphatic rings. The van der Waals surface area contributed by atoms with Crippen molar-refractivity contribution in [3.05, 3.63) is 29.8 Å². The Labute approximate surface area is 121 Å². The maximum absolute atomic E-state index is 5.73. The zero-order valence-electron chi connectivity index (χ0n) is 12.7. The minimum Gasteiger partial charge on any atom is -0.491 e. The fourth-order valence-electron chi connectivity index (χ4n) is 2.76. The lowest BCUT2D eigenvalue weighted by Gasteiger charge is -2.42. The first kappa shape index (κ1) is 15.3. The van der Waals surface area contributed by atoms with E-state index >= 15 is 0 Å². The molecule has 4 heteroatoms. The van der Waals surface area contributed by atoms with Crippen LogP contribution in [0.3, 0.4) is 0 Å². The second-order valence-electron chi connectivity index (χ2n) is 5.90. The lowest BCUT2D eigenvalue weighted by Crippen LogP contribution is -2.44. The molecule has 0 spiro atoms. The van der Waals surface area contributed by atoms with Gasteiger partial charge in [-0.3, -0.25) is 11.3 Å². The van der Waals surface area contributed by atoms with Crippen LogP contribution < -0.4 is 16.0 Å². The zero-order chi connectivity index (χ0) is 14.6. The molecule has 2 rings (SSSR count). The predicted molar refractivity (Wildman–Crippen MR) is 80.5 cm³/mol. The van der Waals surface area contributed by atoms with Crippen LogP contribution in [-0.4, -0.2) is 18.8 Å². The van der Waals surface area contributed by atoms with Gasteiger partial charge in [0.15, 0.2) is 0 Å². The predicted octanol–water partition coefficient (Wildman–Crippen LogP) is 2.94. The van der Waals surface area contributed by atoms with Crippen LogP contribution in [0.4, 0.5) is 0 Å². The van der Waals surface area contributed by atoms with Gasteiger partial charge >= 0.3 is 0 Å². The van der Waals surface area contributed by atoms with Crippen molar-refractivity contribution in [1.82, 2.24) is 5.43 Å². The van der Waals surface area contributed by atoms with Crippen LogP contribution in [-0.2, 0) is 4.74 Å². The zero-order valence-corrected chi connectivity index (χ0v) is 12.7. The Morgan fingerprint density at radius 2 is 1.90 bits per heavy atom. The fourth-order valence-corrected chi connectivity index (χ4v) is 2.76. The van der Waals surface area contributed by atoms with Gasteiger partial charge in [0.2, 0.25) is 0 Å². The SMILES string of the molecule is COC1(CC(NN)c2ccc(OC(C)C)cc2)CCC1. The molecule has 1 atom stereocenters. The summed E-state index contributed by atoms with van der Waals surface area (Å²) in [7, 11) is 1.80. The highest BCUT2D eigenvalue weighted by Gasteiger charge is 2.39. The smallest absolute Gasteiger partial charge is 0.119 e. The van der Waals surface area contributed by atoms with Crippen LogP contribution >= 0.6 is 0 Å². The van der Waals surface area contributed by atoms with E-state index in [1.807, 2.05) is 26.0 Å². The van der Waals surface area contributed by atoms with Gasteiger partial charge in [0.25, 0.3) is 0 Å². The number of nitrogens with one attached hydrogen (secondary N) is 1. The van der Waals surface area contributed by atoms with Gasteiger partial charge in [0.1, 0.15) is 5.75 Å². The van der Waals surface area contributed by atoms with Gasteiger partial charge in [0.05, 0.1) is 11.7 Å². The van der Waals surface area contributed by atoms with Gasteiger partial charge in [-0.05, 0) is 57.2 Å². The minimum atomic E-state index is 0.00411. The molecule has 0 aromatic heterocycles. The summed E-state index contributed by atoms with van der Waals surface area (Å²) < 4.78 is 11.3. The molecule has 20 heavy (non-hydrogen) atoms. The highest BCUT2D eigenvalue weighted by Crippen LogP contribution is 2.41. The Morgan fingerprint density at radius 1 is 1.25 bits per heavy atom. The monoisotopic (exact) mass is 278 g/mol. The molecule has 0 saturated heterocycles. The van der Waals surface area contributed by atoms with E-state index in [-0.39, 0.29) is 17.7 Å². The van der Waals surface area contributed by atoms with Gasteiger partial charge in [-0.15, -0.1) is 0 Å². The quantitative estimate of drug-likeness (QED) is 0.595. The number of hydrazine groups is 1. The van der Waals surface area contributed by atoms with Crippen molar-refractivity contribution in [2.24, 2.45) is 5.84 Å². The summed E-state index contributed by atoms with van der Waals surface area (Å²) in [5.74, 6) is 6.62. The van der Waals surface area contributed by atoms with E-state index in [0.29, 0.717) is 0 Å². The highest BCUT2D eigenvalue weighted by molar-refractivity contribution is 5.29. The topological polar surface area (TPSA) is 56.5 Å². The highest BCUT2D eigenvalue weighted by atomic mass is 16.5. The van der Waals surface area contributed by atoms with Crippen LogP contribution in [0.2, 0.25) is 0 Å². The average molecular weight is 278 g/mol. The average Bonchev–Trinajstić information content (AvgIpc) is 2.39. The van der Waals surface area contributed by atoms with Crippen LogP contribution in [0.25, 0.3) is 0 Å². The number of hydrogen-bond donors (Lipinski definition) is 2. The number of benzene rings is 1. The molecule has 0 bridgehead atoms. The number of ether oxygens (including phenoxy) is 2. The van der Waals surface area contributed by atoms with E-state index in [4.69, 9.17) is 15.3 Å². The normalized spacial score (nSPS) is 18.6. The van der Waals surface area contributed by atoms with Crippen LogP contribution in [0.5, 0.6) is 5.75 Å². The summed E-state index contributed by atoms with van der Waals surface area (Å²) in [4.78, 5) is 0. The Balaban J connectivity index is 2.03. The van der Waals surface area contributed by atoms with Crippen LogP contribution in [0, 0.1) is 0 Å². The number of methoxy groups -OCH3 is 1. The van der Waals surface area contributed by atoms with Crippen molar-refractivity contribution >= 4 is 0 Å². The molecule has 0 radical (unpaired) electrons. The summed E-state index contributed by atoms with van der Waals surface area (Å²) in [5.41, 5.74) is 4.09. The molecule has 1 aliphatic carbocycles. The van der Waals surface area contributed by atoms with Crippen molar-refractivity contribution in [2.45, 2.75) is 57.3 Å². The van der Waals surface area contributed by atoms with Crippen molar-refractivity contribution in [1.29, 1.82) is 0 Å². The van der Waals surface area contributed by atoms with E-state index in [2.05, 4.69) is 17.6 Å². The molecule has 1 saturated carbocycles. The molecule has 0 aliphatic heterocycles. The van der Waals surface area contributed by atoms with E-state index < -0.39 is 0 Å². The molecular formula is C16H26N2O2. The Hall–Kier alpha value is -1.10. The first-order valence-electron chi connectivity index (χ1n) is 7.36. The van der Waals surface area contributed by atoms with Crippen molar-refractivity contribution in [3.8, 4) is 5.75 Å². The first-order chi connectivity index (χ1) is 9.58. The maximum Gasteiger partial charge on any atom is 0.119 e. The Morgan fingerprint density at radius 3 is 2.30 bits per heavy atom. The molecule has 0 amide bonds. The van der Waals surface area contributed by atoms with Crippen molar-refractivity contribution < 1.29 is 9.47 Å². The van der Waals surface area contributed by atoms with E-state index in [9.17, 15) is 0 Å². The minimum absolute atomic E-state index is 0.00411. The summed E-state index contributed by atoms with van der Waals surface area (Å²) in [6.07, 6.45) is 4.58. The van der Waals surface area contributed by atoms with Gasteiger partial charge in [0, 0.05) is 13.2 Å². The molecule has 4 nitrogen and oxygen atoms in total. The van der Waals surface area contributed by atoms with Crippen LogP contribution in [0.1, 0.15) is 51.1 Å². The summed E-state index contributed by atoms with van der Waals surface area (Å²) in [5, 5.41) is 0. The third-order valence-corrected chi connectivity index (χ3v) is 4.13. The fraction of sp³-hybridized carbons (Fsp3) is 0.625. The second kappa shape index (κ2) is 6.57. The van der Waals surface area contributed by atoms with Crippen molar-refractivity contribution in [3.63, 3.8) is 0 Å². The van der Waals surface area contributed by atoms with Gasteiger partial charge in [-0.2, -0.15) is 0 Å². The van der Waals surface area contributed by atoms with Gasteiger partial charge in [-0.25, -0.2) is 0 Å². The maximum atomic E-state index is 5.73. The number of rotatable bonds is 7. The summed E-state index contributed by atoms with van der Waals surface area (Å²) in [6, 6.07) is 8.26. The summed E-state index contributed by atoms with van der Waals surface area (Å²) in [6.45, 7) is 4.05. The van der Waals surface area contributed by atoms with Gasteiger partial charge in [-0.1, -0.05) is 12.1 Å². The van der Waals surface area contributed by atoms with E-state index in [0.717, 1.165) is 25.0 Å². The molecule has 1 unspecified atom stereocenters. The second-order valence-corrected chi connectivity index (χ2v) is 5.90. The van der Waals surface area contributed by atoms with Crippen LogP contribution in [0.15, 0.2) is 24.3 Å². The molecule has 1 aromatic rings. The summed E-state index contributed by atoms with van der Waals surface area (Å²) >= 11 is 0. The third kappa shape index (κ3) is 3.51. The number of hydrogen-bond acceptors (Lipinski definition) is 4. The Bertz CT molecular complexity index is 407. The molecule has 0 heterocycles. The molecule has 3 N–H and O–H groups in total. The lowest BCUT2D eigenvalue weighted by molar-refractivity contribution is -0.0838. The molecule has 1 aromatic carbocycles. The molecular weight excluding hydrogens is 252 g/mol. The Kier molecular flexibility index (Phi) is 5.02. The van der Waals surface area contributed by atoms with Crippen molar-refractivity contribution in [2.75, 3.05) is 7.11 Å².